The van der Waals surface area contributed by atoms with Gasteiger partial charge in [0.2, 0.25) is 5.91 Å². The van der Waals surface area contributed by atoms with E-state index in [0.29, 0.717) is 22.0 Å². The quantitative estimate of drug-likeness (QED) is 0.420. The number of nitrogens with one attached hydrogen (secondary N) is 1. The van der Waals surface area contributed by atoms with E-state index in [2.05, 4.69) is 19.2 Å². The molecule has 0 spiro atoms. The first kappa shape index (κ1) is 22.1. The van der Waals surface area contributed by atoms with Crippen molar-refractivity contribution in [1.29, 1.82) is 0 Å². The highest BCUT2D eigenvalue weighted by atomic mass is 32.2. The van der Waals surface area contributed by atoms with Crippen LogP contribution in [0.4, 0.5) is 0 Å². The molecule has 1 N–H and O–H groups in total. The van der Waals surface area contributed by atoms with Crippen LogP contribution in [-0.4, -0.2) is 27.3 Å². The van der Waals surface area contributed by atoms with Gasteiger partial charge in [0.05, 0.1) is 22.3 Å². The predicted molar refractivity (Wildman–Crippen MR) is 124 cm³/mol. The molecule has 0 aliphatic carbocycles. The van der Waals surface area contributed by atoms with Crippen molar-refractivity contribution in [3.8, 4) is 5.69 Å². The van der Waals surface area contributed by atoms with Crippen LogP contribution in [0.15, 0.2) is 58.5 Å². The molecule has 2 aromatic carbocycles. The number of hydrogen-bond donors (Lipinski definition) is 1. The molecule has 0 radical (unpaired) electrons. The van der Waals surface area contributed by atoms with Crippen molar-refractivity contribution in [3.05, 3.63) is 64.4 Å². The minimum atomic E-state index is -0.122. The van der Waals surface area contributed by atoms with Gasteiger partial charge in [-0.25, -0.2) is 4.98 Å². The van der Waals surface area contributed by atoms with E-state index in [1.807, 2.05) is 56.3 Å². The Labute approximate surface area is 181 Å². The molecule has 0 saturated heterocycles. The van der Waals surface area contributed by atoms with Crippen LogP contribution in [-0.2, 0) is 4.79 Å². The Morgan fingerprint density at radius 3 is 2.50 bits per heavy atom. The van der Waals surface area contributed by atoms with Gasteiger partial charge in [-0.05, 0) is 56.4 Å². The average molecular weight is 424 g/mol. The van der Waals surface area contributed by atoms with Crippen molar-refractivity contribution < 1.29 is 4.79 Å². The zero-order chi connectivity index (χ0) is 21.7. The maximum Gasteiger partial charge on any atom is 0.266 e. The molecule has 1 amide bonds. The number of nitrogens with zero attached hydrogens (tertiary/aromatic N) is 2. The maximum absolute atomic E-state index is 13.3. The van der Waals surface area contributed by atoms with Gasteiger partial charge in [0.1, 0.15) is 0 Å². The first-order valence-electron chi connectivity index (χ1n) is 10.4. The van der Waals surface area contributed by atoms with E-state index in [9.17, 15) is 9.59 Å². The van der Waals surface area contributed by atoms with Gasteiger partial charge in [-0.1, -0.05) is 55.9 Å². The lowest BCUT2D eigenvalue weighted by Gasteiger charge is -2.17. The Balaban J connectivity index is 1.88. The van der Waals surface area contributed by atoms with Crippen molar-refractivity contribution in [2.24, 2.45) is 5.92 Å². The molecule has 0 bridgehead atoms. The Morgan fingerprint density at radius 1 is 1.07 bits per heavy atom. The third-order valence-electron chi connectivity index (χ3n) is 5.02. The van der Waals surface area contributed by atoms with Gasteiger partial charge in [0.25, 0.3) is 5.56 Å². The lowest BCUT2D eigenvalue weighted by molar-refractivity contribution is -0.119. The largest absolute Gasteiger partial charge is 0.353 e. The summed E-state index contributed by atoms with van der Waals surface area (Å²) in [5.41, 5.74) is 2.28. The molecule has 1 aromatic heterocycles. The minimum absolute atomic E-state index is 0.0463. The number of hydrogen-bond acceptors (Lipinski definition) is 4. The molecule has 0 saturated carbocycles. The SMILES string of the molecule is Cc1ccccc1-n1c(SCC(=O)NC(C)CCC(C)C)nc2ccccc2c1=O. The van der Waals surface area contributed by atoms with Crippen molar-refractivity contribution >= 4 is 28.6 Å². The molecule has 0 aliphatic rings. The second kappa shape index (κ2) is 9.94. The van der Waals surface area contributed by atoms with Crippen LogP contribution in [0.2, 0.25) is 0 Å². The van der Waals surface area contributed by atoms with E-state index in [0.717, 1.165) is 24.1 Å². The topological polar surface area (TPSA) is 64.0 Å². The van der Waals surface area contributed by atoms with Crippen LogP contribution in [0.3, 0.4) is 0 Å². The van der Waals surface area contributed by atoms with Gasteiger partial charge >= 0.3 is 0 Å². The molecule has 1 heterocycles. The lowest BCUT2D eigenvalue weighted by Crippen LogP contribution is -2.34. The molecular formula is C24H29N3O2S. The van der Waals surface area contributed by atoms with E-state index in [1.54, 1.807) is 10.6 Å². The molecule has 3 aromatic rings. The highest BCUT2D eigenvalue weighted by Crippen LogP contribution is 2.23. The second-order valence-electron chi connectivity index (χ2n) is 8.07. The number of fused-ring (bicyclic) bond motifs is 1. The number of aromatic nitrogens is 2. The number of carbonyl (C=O) groups excluding carboxylic acids is 1. The number of benzene rings is 2. The van der Waals surface area contributed by atoms with E-state index in [4.69, 9.17) is 4.98 Å². The fourth-order valence-corrected chi connectivity index (χ4v) is 4.15. The summed E-state index contributed by atoms with van der Waals surface area (Å²) < 4.78 is 1.62. The highest BCUT2D eigenvalue weighted by molar-refractivity contribution is 7.99. The fraction of sp³-hybridized carbons (Fsp3) is 0.375. The molecule has 6 heteroatoms. The molecule has 1 unspecified atom stereocenters. The highest BCUT2D eigenvalue weighted by Gasteiger charge is 2.16. The normalized spacial score (nSPS) is 12.3. The predicted octanol–water partition coefficient (Wildman–Crippen LogP) is 4.73. The Bertz CT molecular complexity index is 1090. The zero-order valence-electron chi connectivity index (χ0n) is 18.0. The average Bonchev–Trinajstić information content (AvgIpc) is 2.72. The van der Waals surface area contributed by atoms with Crippen LogP contribution in [0.25, 0.3) is 16.6 Å². The van der Waals surface area contributed by atoms with Crippen LogP contribution >= 0.6 is 11.8 Å². The first-order chi connectivity index (χ1) is 14.4. The van der Waals surface area contributed by atoms with E-state index < -0.39 is 0 Å². The number of aryl methyl sites for hydroxylation is 1. The summed E-state index contributed by atoms with van der Waals surface area (Å²) in [6, 6.07) is 15.2. The third-order valence-corrected chi connectivity index (χ3v) is 5.96. The van der Waals surface area contributed by atoms with Gasteiger partial charge in [0, 0.05) is 6.04 Å². The summed E-state index contributed by atoms with van der Waals surface area (Å²) in [6.45, 7) is 8.36. The number of rotatable bonds is 8. The third kappa shape index (κ3) is 5.30. The summed E-state index contributed by atoms with van der Waals surface area (Å²) in [5.74, 6) is 0.780. The van der Waals surface area contributed by atoms with Crippen molar-refractivity contribution in [2.45, 2.75) is 51.7 Å². The van der Waals surface area contributed by atoms with Crippen LogP contribution < -0.4 is 10.9 Å². The van der Waals surface area contributed by atoms with Gasteiger partial charge in [-0.2, -0.15) is 0 Å². The summed E-state index contributed by atoms with van der Waals surface area (Å²) in [4.78, 5) is 30.5. The summed E-state index contributed by atoms with van der Waals surface area (Å²) in [7, 11) is 0. The first-order valence-corrected chi connectivity index (χ1v) is 11.4. The Hall–Kier alpha value is -2.60. The maximum atomic E-state index is 13.3. The Kier molecular flexibility index (Phi) is 7.32. The van der Waals surface area contributed by atoms with E-state index in [1.165, 1.54) is 11.8 Å². The van der Waals surface area contributed by atoms with Crippen LogP contribution in [0.5, 0.6) is 0 Å². The molecule has 0 aliphatic heterocycles. The summed E-state index contributed by atoms with van der Waals surface area (Å²) >= 11 is 1.29. The molecule has 3 rings (SSSR count). The van der Waals surface area contributed by atoms with E-state index >= 15 is 0 Å². The van der Waals surface area contributed by atoms with Crippen LogP contribution in [0.1, 0.15) is 39.2 Å². The molecule has 158 valence electrons. The van der Waals surface area contributed by atoms with Crippen molar-refractivity contribution in [2.75, 3.05) is 5.75 Å². The number of para-hydroxylation sites is 2. The smallest absolute Gasteiger partial charge is 0.266 e. The standard InChI is InChI=1S/C24H29N3O2S/c1-16(2)13-14-18(4)25-22(28)15-30-24-26-20-11-7-6-10-19(20)23(29)27(24)21-12-8-5-9-17(21)3/h5-12,16,18H,13-15H2,1-4H3,(H,25,28). The van der Waals surface area contributed by atoms with Crippen molar-refractivity contribution in [3.63, 3.8) is 0 Å². The number of thioether (sulfide) groups is 1. The lowest BCUT2D eigenvalue weighted by atomic mass is 10.0. The summed E-state index contributed by atoms with van der Waals surface area (Å²) in [5, 5.41) is 4.15. The second-order valence-corrected chi connectivity index (χ2v) is 9.01. The monoisotopic (exact) mass is 423 g/mol. The van der Waals surface area contributed by atoms with Gasteiger partial charge in [0.15, 0.2) is 5.16 Å². The fourth-order valence-electron chi connectivity index (χ4n) is 3.34. The molecule has 0 fully saturated rings. The minimum Gasteiger partial charge on any atom is -0.353 e. The van der Waals surface area contributed by atoms with Crippen molar-refractivity contribution in [1.82, 2.24) is 14.9 Å². The molecule has 5 nitrogen and oxygen atoms in total. The zero-order valence-corrected chi connectivity index (χ0v) is 18.8. The summed E-state index contributed by atoms with van der Waals surface area (Å²) in [6.07, 6.45) is 2.03. The molecule has 30 heavy (non-hydrogen) atoms. The van der Waals surface area contributed by atoms with Gasteiger partial charge in [-0.3, -0.25) is 14.2 Å². The Morgan fingerprint density at radius 2 is 1.77 bits per heavy atom. The molecular weight excluding hydrogens is 394 g/mol. The number of carbonyl (C=O) groups is 1. The van der Waals surface area contributed by atoms with Crippen LogP contribution in [0, 0.1) is 12.8 Å². The number of amides is 1. The molecule has 1 atom stereocenters. The van der Waals surface area contributed by atoms with E-state index in [-0.39, 0.29) is 23.3 Å². The van der Waals surface area contributed by atoms with Gasteiger partial charge in [-0.15, -0.1) is 0 Å². The van der Waals surface area contributed by atoms with Gasteiger partial charge < -0.3 is 5.32 Å².